The third-order valence-electron chi connectivity index (χ3n) is 4.17. The van der Waals surface area contributed by atoms with Gasteiger partial charge < -0.3 is 10.1 Å². The van der Waals surface area contributed by atoms with E-state index in [0.717, 1.165) is 10.4 Å². The van der Waals surface area contributed by atoms with Crippen molar-refractivity contribution in [3.05, 3.63) is 57.2 Å². The van der Waals surface area contributed by atoms with Gasteiger partial charge in [0.25, 0.3) is 0 Å². The van der Waals surface area contributed by atoms with Crippen LogP contribution in [0.3, 0.4) is 0 Å². The van der Waals surface area contributed by atoms with E-state index >= 15 is 0 Å². The number of benzene rings is 1. The van der Waals surface area contributed by atoms with Crippen LogP contribution in [0.25, 0.3) is 0 Å². The second-order valence-corrected chi connectivity index (χ2v) is 6.88. The standard InChI is InChI=1S/C17H18ClNO2S/c18-15-6-2-1-5-14(15)17(7-9-21-10-8-17)16(20)19-12-13-4-3-11-22-13/h1-6,11H,7-10,12H2,(H,19,20). The van der Waals surface area contributed by atoms with Gasteiger partial charge in [-0.15, -0.1) is 11.3 Å². The molecule has 0 radical (unpaired) electrons. The zero-order chi connectivity index (χ0) is 15.4. The monoisotopic (exact) mass is 335 g/mol. The largest absolute Gasteiger partial charge is 0.381 e. The molecule has 1 aromatic carbocycles. The van der Waals surface area contributed by atoms with Crippen LogP contribution >= 0.6 is 22.9 Å². The molecule has 0 bridgehead atoms. The molecule has 0 aliphatic carbocycles. The molecule has 22 heavy (non-hydrogen) atoms. The van der Waals surface area contributed by atoms with Crippen LogP contribution < -0.4 is 5.32 Å². The maximum atomic E-state index is 12.9. The van der Waals surface area contributed by atoms with E-state index in [-0.39, 0.29) is 5.91 Å². The van der Waals surface area contributed by atoms with Crippen LogP contribution in [0.1, 0.15) is 23.3 Å². The van der Waals surface area contributed by atoms with Crippen LogP contribution in [0.15, 0.2) is 41.8 Å². The van der Waals surface area contributed by atoms with Crippen molar-refractivity contribution >= 4 is 28.8 Å². The summed E-state index contributed by atoms with van der Waals surface area (Å²) in [6, 6.07) is 11.6. The SMILES string of the molecule is O=C(NCc1cccs1)C1(c2ccccc2Cl)CCOCC1. The molecule has 1 saturated heterocycles. The van der Waals surface area contributed by atoms with E-state index in [0.29, 0.717) is 37.6 Å². The van der Waals surface area contributed by atoms with Gasteiger partial charge in [0.15, 0.2) is 0 Å². The Hall–Kier alpha value is -1.36. The second kappa shape index (κ2) is 6.82. The molecule has 2 aromatic rings. The van der Waals surface area contributed by atoms with Gasteiger partial charge in [0.1, 0.15) is 0 Å². The number of halogens is 1. The number of hydrogen-bond acceptors (Lipinski definition) is 3. The fourth-order valence-electron chi connectivity index (χ4n) is 2.94. The number of carbonyl (C=O) groups is 1. The molecule has 1 fully saturated rings. The molecule has 1 aliphatic rings. The van der Waals surface area contributed by atoms with E-state index in [1.54, 1.807) is 11.3 Å². The van der Waals surface area contributed by atoms with Crippen LogP contribution in [0, 0.1) is 0 Å². The normalized spacial score (nSPS) is 17.1. The molecule has 116 valence electrons. The summed E-state index contributed by atoms with van der Waals surface area (Å²) in [6.07, 6.45) is 1.32. The van der Waals surface area contributed by atoms with Crippen molar-refractivity contribution in [2.24, 2.45) is 0 Å². The smallest absolute Gasteiger partial charge is 0.231 e. The summed E-state index contributed by atoms with van der Waals surface area (Å²) in [5.41, 5.74) is 0.317. The first-order valence-electron chi connectivity index (χ1n) is 7.36. The molecule has 3 rings (SSSR count). The van der Waals surface area contributed by atoms with Crippen LogP contribution in [-0.2, 0) is 21.5 Å². The van der Waals surface area contributed by atoms with Gasteiger partial charge in [-0.3, -0.25) is 4.79 Å². The summed E-state index contributed by atoms with van der Waals surface area (Å²) in [6.45, 7) is 1.72. The minimum absolute atomic E-state index is 0.0392. The molecular weight excluding hydrogens is 318 g/mol. The lowest BCUT2D eigenvalue weighted by Gasteiger charge is -2.36. The number of carbonyl (C=O) groups excluding carboxylic acids is 1. The van der Waals surface area contributed by atoms with E-state index in [4.69, 9.17) is 16.3 Å². The highest BCUT2D eigenvalue weighted by Crippen LogP contribution is 2.38. The molecule has 2 heterocycles. The summed E-state index contributed by atoms with van der Waals surface area (Å²) in [4.78, 5) is 14.1. The fraction of sp³-hybridized carbons (Fsp3) is 0.353. The Morgan fingerprint density at radius 1 is 1.23 bits per heavy atom. The van der Waals surface area contributed by atoms with Crippen LogP contribution in [-0.4, -0.2) is 19.1 Å². The van der Waals surface area contributed by atoms with Crippen molar-refractivity contribution in [2.45, 2.75) is 24.8 Å². The van der Waals surface area contributed by atoms with Crippen LogP contribution in [0.4, 0.5) is 0 Å². The van der Waals surface area contributed by atoms with E-state index < -0.39 is 5.41 Å². The average Bonchev–Trinajstić information content (AvgIpc) is 3.07. The number of amides is 1. The molecule has 0 unspecified atom stereocenters. The highest BCUT2D eigenvalue weighted by molar-refractivity contribution is 7.09. The molecule has 1 aliphatic heterocycles. The minimum atomic E-state index is -0.589. The van der Waals surface area contributed by atoms with Crippen molar-refractivity contribution in [3.8, 4) is 0 Å². The Balaban J connectivity index is 1.85. The van der Waals surface area contributed by atoms with Crippen molar-refractivity contribution in [2.75, 3.05) is 13.2 Å². The van der Waals surface area contributed by atoms with Crippen molar-refractivity contribution < 1.29 is 9.53 Å². The van der Waals surface area contributed by atoms with Gasteiger partial charge in [0.05, 0.1) is 12.0 Å². The first kappa shape index (κ1) is 15.5. The van der Waals surface area contributed by atoms with Crippen molar-refractivity contribution in [1.82, 2.24) is 5.32 Å². The summed E-state index contributed by atoms with van der Waals surface area (Å²) >= 11 is 8.02. The maximum Gasteiger partial charge on any atom is 0.231 e. The lowest BCUT2D eigenvalue weighted by molar-refractivity contribution is -0.130. The van der Waals surface area contributed by atoms with E-state index in [1.165, 1.54) is 0 Å². The Kier molecular flexibility index (Phi) is 4.81. The van der Waals surface area contributed by atoms with Gasteiger partial charge in [-0.2, -0.15) is 0 Å². The zero-order valence-electron chi connectivity index (χ0n) is 12.2. The van der Waals surface area contributed by atoms with Gasteiger partial charge in [0.2, 0.25) is 5.91 Å². The Morgan fingerprint density at radius 2 is 2.00 bits per heavy atom. The molecule has 0 atom stereocenters. The zero-order valence-corrected chi connectivity index (χ0v) is 13.8. The molecular formula is C17H18ClNO2S. The number of nitrogens with one attached hydrogen (secondary N) is 1. The molecule has 1 amide bonds. The maximum absolute atomic E-state index is 12.9. The quantitative estimate of drug-likeness (QED) is 0.923. The molecule has 3 nitrogen and oxygen atoms in total. The Morgan fingerprint density at radius 3 is 2.68 bits per heavy atom. The van der Waals surface area contributed by atoms with E-state index in [9.17, 15) is 4.79 Å². The van der Waals surface area contributed by atoms with E-state index in [2.05, 4.69) is 5.32 Å². The third kappa shape index (κ3) is 3.05. The lowest BCUT2D eigenvalue weighted by Crippen LogP contribution is -2.47. The third-order valence-corrected chi connectivity index (χ3v) is 5.38. The number of ether oxygens (including phenoxy) is 1. The molecule has 1 N–H and O–H groups in total. The predicted octanol–water partition coefficient (Wildman–Crippen LogP) is 3.77. The summed E-state index contributed by atoms with van der Waals surface area (Å²) in [5.74, 6) is 0.0392. The minimum Gasteiger partial charge on any atom is -0.381 e. The van der Waals surface area contributed by atoms with Crippen LogP contribution in [0.2, 0.25) is 5.02 Å². The van der Waals surface area contributed by atoms with Gasteiger partial charge in [-0.05, 0) is 35.9 Å². The van der Waals surface area contributed by atoms with Crippen molar-refractivity contribution in [1.29, 1.82) is 0 Å². The summed E-state index contributed by atoms with van der Waals surface area (Å²) in [7, 11) is 0. The summed E-state index contributed by atoms with van der Waals surface area (Å²) in [5, 5.41) is 5.74. The lowest BCUT2D eigenvalue weighted by atomic mass is 9.73. The Bertz CT molecular complexity index is 636. The first-order valence-corrected chi connectivity index (χ1v) is 8.61. The first-order chi connectivity index (χ1) is 10.7. The highest BCUT2D eigenvalue weighted by Gasteiger charge is 2.42. The van der Waals surface area contributed by atoms with Gasteiger partial charge in [-0.25, -0.2) is 0 Å². The number of hydrogen-bond donors (Lipinski definition) is 1. The molecule has 0 spiro atoms. The molecule has 5 heteroatoms. The predicted molar refractivity (Wildman–Crippen MR) is 89.3 cm³/mol. The van der Waals surface area contributed by atoms with Gasteiger partial charge in [0, 0.05) is 23.1 Å². The van der Waals surface area contributed by atoms with Crippen molar-refractivity contribution in [3.63, 3.8) is 0 Å². The second-order valence-electron chi connectivity index (χ2n) is 5.44. The summed E-state index contributed by atoms with van der Waals surface area (Å²) < 4.78 is 5.47. The van der Waals surface area contributed by atoms with Gasteiger partial charge >= 0.3 is 0 Å². The highest BCUT2D eigenvalue weighted by atomic mass is 35.5. The number of rotatable bonds is 4. The molecule has 0 saturated carbocycles. The number of thiophene rings is 1. The van der Waals surface area contributed by atoms with E-state index in [1.807, 2.05) is 41.8 Å². The Labute approximate surface area is 139 Å². The van der Waals surface area contributed by atoms with Crippen LogP contribution in [0.5, 0.6) is 0 Å². The van der Waals surface area contributed by atoms with Gasteiger partial charge in [-0.1, -0.05) is 35.9 Å². The topological polar surface area (TPSA) is 38.3 Å². The molecule has 1 aromatic heterocycles. The average molecular weight is 336 g/mol. The fourth-order valence-corrected chi connectivity index (χ4v) is 3.90.